The summed E-state index contributed by atoms with van der Waals surface area (Å²) in [6.45, 7) is 2.12. The van der Waals surface area contributed by atoms with Crippen molar-refractivity contribution in [1.82, 2.24) is 10.2 Å². The van der Waals surface area contributed by atoms with Crippen LogP contribution in [0.25, 0.3) is 0 Å². The van der Waals surface area contributed by atoms with Crippen LogP contribution in [0.1, 0.15) is 22.8 Å². The number of hydrogen-bond acceptors (Lipinski definition) is 3. The summed E-state index contributed by atoms with van der Waals surface area (Å²) in [7, 11) is 3.82. The average Bonchev–Trinajstić information content (AvgIpc) is 2.42. The van der Waals surface area contributed by atoms with E-state index in [9.17, 15) is 9.18 Å². The van der Waals surface area contributed by atoms with Crippen molar-refractivity contribution in [1.29, 1.82) is 0 Å². The van der Waals surface area contributed by atoms with Gasteiger partial charge in [-0.3, -0.25) is 4.79 Å². The minimum absolute atomic E-state index is 0.00879. The van der Waals surface area contributed by atoms with Crippen LogP contribution in [0.4, 0.5) is 4.39 Å². The lowest BCUT2D eigenvalue weighted by molar-refractivity contribution is 0.0939. The quantitative estimate of drug-likeness (QED) is 0.803. The highest BCUT2D eigenvalue weighted by Gasteiger charge is 2.13. The van der Waals surface area contributed by atoms with Crippen molar-refractivity contribution in [3.05, 3.63) is 35.1 Å². The van der Waals surface area contributed by atoms with Crippen molar-refractivity contribution >= 4 is 5.91 Å². The van der Waals surface area contributed by atoms with Crippen LogP contribution in [0, 0.1) is 17.7 Å². The van der Waals surface area contributed by atoms with E-state index >= 15 is 0 Å². The molecule has 2 N–H and O–H groups in total. The fourth-order valence-electron chi connectivity index (χ4n) is 1.44. The Kier molecular flexibility index (Phi) is 6.16. The van der Waals surface area contributed by atoms with Crippen molar-refractivity contribution in [3.63, 3.8) is 0 Å². The first-order valence-corrected chi connectivity index (χ1v) is 6.29. The lowest BCUT2D eigenvalue weighted by Gasteiger charge is -2.20. The normalized spacial score (nSPS) is 11.7. The Hall–Kier alpha value is -1.90. The van der Waals surface area contributed by atoms with E-state index in [0.29, 0.717) is 12.1 Å². The third-order valence-corrected chi connectivity index (χ3v) is 2.97. The Bertz CT molecular complexity index is 532. The molecule has 5 heteroatoms. The van der Waals surface area contributed by atoms with Crippen LogP contribution in [0.3, 0.4) is 0 Å². The second-order valence-corrected chi connectivity index (χ2v) is 4.68. The number of carbonyl (C=O) groups excluding carboxylic acids is 1. The molecule has 0 radical (unpaired) electrons. The largest absolute Gasteiger partial charge is 0.384 e. The number of benzene rings is 1. The SMILES string of the molecule is CC(CNC(=O)c1ccc(C#CCO)cc1F)N(C)C. The minimum Gasteiger partial charge on any atom is -0.384 e. The predicted molar refractivity (Wildman–Crippen MR) is 75.8 cm³/mol. The monoisotopic (exact) mass is 278 g/mol. The van der Waals surface area contributed by atoms with Gasteiger partial charge in [0.05, 0.1) is 5.56 Å². The summed E-state index contributed by atoms with van der Waals surface area (Å²) >= 11 is 0. The molecule has 20 heavy (non-hydrogen) atoms. The summed E-state index contributed by atoms with van der Waals surface area (Å²) in [4.78, 5) is 13.8. The Morgan fingerprint density at radius 2 is 2.20 bits per heavy atom. The molecule has 1 unspecified atom stereocenters. The fourth-order valence-corrected chi connectivity index (χ4v) is 1.44. The standard InChI is InChI=1S/C15H19FN2O2/c1-11(18(2)3)10-17-15(20)13-7-6-12(5-4-8-19)9-14(13)16/h6-7,9,11,19H,8,10H2,1-3H3,(H,17,20). The molecule has 0 saturated heterocycles. The predicted octanol–water partition coefficient (Wildman–Crippen LogP) is 0.849. The highest BCUT2D eigenvalue weighted by atomic mass is 19.1. The van der Waals surface area contributed by atoms with E-state index in [-0.39, 0.29) is 18.2 Å². The van der Waals surface area contributed by atoms with Gasteiger partial charge in [-0.05, 0) is 39.2 Å². The first-order valence-electron chi connectivity index (χ1n) is 6.29. The third-order valence-electron chi connectivity index (χ3n) is 2.97. The van der Waals surface area contributed by atoms with Crippen LogP contribution < -0.4 is 5.32 Å². The van der Waals surface area contributed by atoms with Gasteiger partial charge in [-0.2, -0.15) is 0 Å². The van der Waals surface area contributed by atoms with Crippen molar-refractivity contribution in [2.45, 2.75) is 13.0 Å². The molecule has 0 heterocycles. The zero-order valence-electron chi connectivity index (χ0n) is 11.9. The van der Waals surface area contributed by atoms with Crippen molar-refractivity contribution in [2.24, 2.45) is 0 Å². The molecule has 0 aliphatic rings. The molecule has 0 aromatic heterocycles. The van der Waals surface area contributed by atoms with Crippen molar-refractivity contribution in [3.8, 4) is 11.8 Å². The molecule has 0 aliphatic heterocycles. The van der Waals surface area contributed by atoms with E-state index in [1.165, 1.54) is 12.1 Å². The summed E-state index contributed by atoms with van der Waals surface area (Å²) in [5.74, 6) is 3.95. The minimum atomic E-state index is -0.621. The number of carbonyl (C=O) groups is 1. The van der Waals surface area contributed by atoms with E-state index in [2.05, 4.69) is 17.2 Å². The number of nitrogens with zero attached hydrogens (tertiary/aromatic N) is 1. The van der Waals surface area contributed by atoms with Gasteiger partial charge in [-0.25, -0.2) is 4.39 Å². The van der Waals surface area contributed by atoms with Gasteiger partial charge >= 0.3 is 0 Å². The Labute approximate surface area is 118 Å². The van der Waals surface area contributed by atoms with E-state index in [1.807, 2.05) is 25.9 Å². The number of nitrogens with one attached hydrogen (secondary N) is 1. The smallest absolute Gasteiger partial charge is 0.254 e. The summed E-state index contributed by atoms with van der Waals surface area (Å²) in [5, 5.41) is 11.3. The first kappa shape index (κ1) is 16.2. The molecule has 1 aromatic rings. The van der Waals surface area contributed by atoms with E-state index in [4.69, 9.17) is 5.11 Å². The Morgan fingerprint density at radius 1 is 1.50 bits per heavy atom. The second-order valence-electron chi connectivity index (χ2n) is 4.68. The summed E-state index contributed by atoms with van der Waals surface area (Å²) in [6, 6.07) is 4.30. The topological polar surface area (TPSA) is 52.6 Å². The molecule has 0 saturated carbocycles. The molecule has 108 valence electrons. The number of rotatable bonds is 4. The van der Waals surface area contributed by atoms with Crippen LogP contribution in [0.2, 0.25) is 0 Å². The Morgan fingerprint density at radius 3 is 2.75 bits per heavy atom. The molecule has 1 rings (SSSR count). The molecule has 1 atom stereocenters. The lowest BCUT2D eigenvalue weighted by Crippen LogP contribution is -2.38. The zero-order chi connectivity index (χ0) is 15.1. The summed E-state index contributed by atoms with van der Waals surface area (Å²) in [6.07, 6.45) is 0. The summed E-state index contributed by atoms with van der Waals surface area (Å²) in [5.41, 5.74) is 0.417. The van der Waals surface area contributed by atoms with Gasteiger partial charge in [0.25, 0.3) is 5.91 Å². The number of aliphatic hydroxyl groups is 1. The Balaban J connectivity index is 2.74. The van der Waals surface area contributed by atoms with Gasteiger partial charge in [0, 0.05) is 18.2 Å². The molecule has 0 bridgehead atoms. The molecule has 4 nitrogen and oxygen atoms in total. The average molecular weight is 278 g/mol. The van der Waals surface area contributed by atoms with Crippen molar-refractivity contribution in [2.75, 3.05) is 27.2 Å². The highest BCUT2D eigenvalue weighted by Crippen LogP contribution is 2.10. The zero-order valence-corrected chi connectivity index (χ0v) is 11.9. The van der Waals surface area contributed by atoms with E-state index in [0.717, 1.165) is 0 Å². The van der Waals surface area contributed by atoms with Gasteiger partial charge in [-0.15, -0.1) is 0 Å². The van der Waals surface area contributed by atoms with Crippen molar-refractivity contribution < 1.29 is 14.3 Å². The second kappa shape index (κ2) is 7.63. The molecule has 1 amide bonds. The van der Waals surface area contributed by atoms with Crippen LogP contribution >= 0.6 is 0 Å². The molecule has 0 fully saturated rings. The number of amides is 1. The van der Waals surface area contributed by atoms with Gasteiger partial charge in [0.2, 0.25) is 0 Å². The van der Waals surface area contributed by atoms with Crippen LogP contribution in [0.15, 0.2) is 18.2 Å². The van der Waals surface area contributed by atoms with Crippen LogP contribution in [-0.2, 0) is 0 Å². The lowest BCUT2D eigenvalue weighted by atomic mass is 10.1. The number of halogens is 1. The molecule has 0 aliphatic carbocycles. The fraction of sp³-hybridized carbons (Fsp3) is 0.400. The summed E-state index contributed by atoms with van der Waals surface area (Å²) < 4.78 is 13.8. The molecule has 1 aromatic carbocycles. The van der Waals surface area contributed by atoms with Crippen LogP contribution in [0.5, 0.6) is 0 Å². The van der Waals surface area contributed by atoms with Gasteiger partial charge in [0.1, 0.15) is 12.4 Å². The molecular formula is C15H19FN2O2. The van der Waals surface area contributed by atoms with Gasteiger partial charge < -0.3 is 15.3 Å². The third kappa shape index (κ3) is 4.65. The van der Waals surface area contributed by atoms with E-state index in [1.54, 1.807) is 6.07 Å². The van der Waals surface area contributed by atoms with E-state index < -0.39 is 11.7 Å². The molecular weight excluding hydrogens is 259 g/mol. The van der Waals surface area contributed by atoms with Gasteiger partial charge in [-0.1, -0.05) is 11.8 Å². The number of hydrogen-bond donors (Lipinski definition) is 2. The maximum Gasteiger partial charge on any atom is 0.254 e. The number of likely N-dealkylation sites (N-methyl/N-ethyl adjacent to an activating group) is 1. The maximum atomic E-state index is 13.8. The maximum absolute atomic E-state index is 13.8. The highest BCUT2D eigenvalue weighted by molar-refractivity contribution is 5.94. The first-order chi connectivity index (χ1) is 9.45. The van der Waals surface area contributed by atoms with Gasteiger partial charge in [0.15, 0.2) is 0 Å². The molecule has 0 spiro atoms. The number of aliphatic hydroxyl groups excluding tert-OH is 1. The van der Waals surface area contributed by atoms with Crippen LogP contribution in [-0.4, -0.2) is 49.2 Å².